The Labute approximate surface area is 279 Å². The third-order valence-electron chi connectivity index (χ3n) is 7.84. The molecule has 1 fully saturated rings. The number of hydrogen-bond acceptors (Lipinski definition) is 8. The van der Waals surface area contributed by atoms with Crippen molar-refractivity contribution in [1.29, 1.82) is 0 Å². The number of carbonyl (C=O) groups excluding carboxylic acids is 2. The highest BCUT2D eigenvalue weighted by Gasteiger charge is 2.36. The number of anilines is 1. The van der Waals surface area contributed by atoms with Crippen LogP contribution in [0.1, 0.15) is 35.1 Å². The summed E-state index contributed by atoms with van der Waals surface area (Å²) in [6, 6.07) is 14.4. The smallest absolute Gasteiger partial charge is 0.323 e. The van der Waals surface area contributed by atoms with Crippen molar-refractivity contribution < 1.29 is 32.6 Å². The number of aliphatic carboxylic acids is 1. The molecule has 252 valence electrons. The SMILES string of the molecule is Cc1cc(C)c(S(=O)(=O)NC(CNC(=O)COC2CC(CNc3ccccn3)N(C(=O)CCc3ccc(Cl)cc3)C2)C(=O)O)c(C)c1. The number of nitrogens with one attached hydrogen (secondary N) is 3. The number of nitrogens with zero attached hydrogens (tertiary/aromatic N) is 2. The average molecular weight is 686 g/mol. The number of likely N-dealkylation sites (tertiary alicyclic amines) is 1. The van der Waals surface area contributed by atoms with Gasteiger partial charge in [-0.1, -0.05) is 47.5 Å². The van der Waals surface area contributed by atoms with Gasteiger partial charge < -0.3 is 25.4 Å². The Morgan fingerprint density at radius 3 is 2.43 bits per heavy atom. The molecule has 4 rings (SSSR count). The molecule has 2 aromatic carbocycles. The van der Waals surface area contributed by atoms with Crippen LogP contribution in [0.5, 0.6) is 0 Å². The fourth-order valence-corrected chi connectivity index (χ4v) is 7.47. The summed E-state index contributed by atoms with van der Waals surface area (Å²) in [7, 11) is -4.19. The lowest BCUT2D eigenvalue weighted by atomic mass is 10.1. The molecule has 1 aromatic heterocycles. The predicted octanol–water partition coefficient (Wildman–Crippen LogP) is 3.24. The molecule has 2 amide bonds. The predicted molar refractivity (Wildman–Crippen MR) is 178 cm³/mol. The Morgan fingerprint density at radius 2 is 1.79 bits per heavy atom. The van der Waals surface area contributed by atoms with E-state index in [0.29, 0.717) is 41.4 Å². The number of hydrogen-bond donors (Lipinski definition) is 4. The summed E-state index contributed by atoms with van der Waals surface area (Å²) in [5.41, 5.74) is 2.84. The second-order valence-electron chi connectivity index (χ2n) is 11.6. The summed E-state index contributed by atoms with van der Waals surface area (Å²) >= 11 is 5.98. The number of benzene rings is 2. The molecular weight excluding hydrogens is 646 g/mol. The third-order valence-corrected chi connectivity index (χ3v) is 9.87. The van der Waals surface area contributed by atoms with Gasteiger partial charge in [0.15, 0.2) is 0 Å². The summed E-state index contributed by atoms with van der Waals surface area (Å²) in [6.07, 6.45) is 2.51. The molecule has 1 aliphatic heterocycles. The first-order valence-electron chi connectivity index (χ1n) is 15.2. The molecule has 0 saturated carbocycles. The summed E-state index contributed by atoms with van der Waals surface area (Å²) in [6.45, 7) is 4.93. The number of amides is 2. The van der Waals surface area contributed by atoms with Gasteiger partial charge in [0.05, 0.1) is 17.0 Å². The van der Waals surface area contributed by atoms with Crippen LogP contribution in [-0.4, -0.2) is 85.6 Å². The van der Waals surface area contributed by atoms with Crippen LogP contribution in [-0.2, 0) is 35.6 Å². The van der Waals surface area contributed by atoms with E-state index in [1.54, 1.807) is 49.2 Å². The number of ether oxygens (including phenoxy) is 1. The first-order chi connectivity index (χ1) is 22.3. The van der Waals surface area contributed by atoms with Gasteiger partial charge in [0.25, 0.3) is 0 Å². The largest absolute Gasteiger partial charge is 0.480 e. The van der Waals surface area contributed by atoms with Gasteiger partial charge >= 0.3 is 5.97 Å². The first kappa shape index (κ1) is 35.8. The van der Waals surface area contributed by atoms with Crippen molar-refractivity contribution in [3.63, 3.8) is 0 Å². The van der Waals surface area contributed by atoms with Crippen LogP contribution < -0.4 is 15.4 Å². The highest BCUT2D eigenvalue weighted by molar-refractivity contribution is 7.89. The molecule has 47 heavy (non-hydrogen) atoms. The molecule has 0 aliphatic carbocycles. The highest BCUT2D eigenvalue weighted by atomic mass is 35.5. The van der Waals surface area contributed by atoms with E-state index in [9.17, 15) is 27.9 Å². The second kappa shape index (κ2) is 16.2. The van der Waals surface area contributed by atoms with E-state index in [4.69, 9.17) is 16.3 Å². The van der Waals surface area contributed by atoms with Gasteiger partial charge in [0.1, 0.15) is 18.5 Å². The van der Waals surface area contributed by atoms with Crippen molar-refractivity contribution in [3.05, 3.63) is 88.1 Å². The fraction of sp³-hybridized carbons (Fsp3) is 0.394. The minimum atomic E-state index is -4.19. The summed E-state index contributed by atoms with van der Waals surface area (Å²) < 4.78 is 34.2. The number of carbonyl (C=O) groups is 3. The van der Waals surface area contributed by atoms with Gasteiger partial charge in [-0.25, -0.2) is 13.4 Å². The van der Waals surface area contributed by atoms with E-state index < -0.39 is 47.2 Å². The van der Waals surface area contributed by atoms with Crippen molar-refractivity contribution in [2.75, 3.05) is 31.6 Å². The normalized spacial score (nSPS) is 16.9. The van der Waals surface area contributed by atoms with Crippen molar-refractivity contribution in [2.24, 2.45) is 0 Å². The zero-order valence-corrected chi connectivity index (χ0v) is 28.1. The minimum Gasteiger partial charge on any atom is -0.480 e. The van der Waals surface area contributed by atoms with Crippen LogP contribution in [0, 0.1) is 20.8 Å². The van der Waals surface area contributed by atoms with Crippen molar-refractivity contribution in [3.8, 4) is 0 Å². The van der Waals surface area contributed by atoms with Crippen molar-refractivity contribution in [2.45, 2.75) is 63.1 Å². The summed E-state index contributed by atoms with van der Waals surface area (Å²) in [5, 5.41) is 16.0. The van der Waals surface area contributed by atoms with E-state index >= 15 is 0 Å². The number of halogens is 1. The molecule has 14 heteroatoms. The van der Waals surface area contributed by atoms with E-state index in [1.165, 1.54) is 0 Å². The number of pyridine rings is 1. The van der Waals surface area contributed by atoms with E-state index in [-0.39, 0.29) is 29.8 Å². The van der Waals surface area contributed by atoms with Crippen molar-refractivity contribution in [1.82, 2.24) is 19.9 Å². The van der Waals surface area contributed by atoms with Crippen LogP contribution in [0.2, 0.25) is 5.02 Å². The molecule has 0 radical (unpaired) electrons. The molecule has 2 heterocycles. The quantitative estimate of drug-likeness (QED) is 0.188. The van der Waals surface area contributed by atoms with Crippen molar-refractivity contribution >= 4 is 45.2 Å². The van der Waals surface area contributed by atoms with E-state index in [1.807, 2.05) is 37.3 Å². The van der Waals surface area contributed by atoms with E-state index in [0.717, 1.165) is 11.1 Å². The van der Waals surface area contributed by atoms with Crippen LogP contribution in [0.15, 0.2) is 65.7 Å². The van der Waals surface area contributed by atoms with Gasteiger partial charge in [-0.3, -0.25) is 14.4 Å². The number of rotatable bonds is 15. The Hall–Kier alpha value is -4.04. The second-order valence-corrected chi connectivity index (χ2v) is 13.7. The first-order valence-corrected chi connectivity index (χ1v) is 17.1. The Bertz CT molecular complexity index is 1650. The molecular formula is C33H40ClN5O7S. The third kappa shape index (κ3) is 10.2. The standard InChI is InChI=1S/C33H40ClN5O7S/c1-21-14-22(2)32(23(3)15-21)47(44,45)38-28(33(42)43)18-37-30(40)20-46-27-16-26(17-36-29-6-4-5-13-35-29)39(19-27)31(41)12-9-24-7-10-25(34)11-8-24/h4-8,10-11,13-15,26-28,38H,9,12,16-20H2,1-3H3,(H,35,36)(H,37,40)(H,42,43). The van der Waals surface area contributed by atoms with Gasteiger partial charge in [0, 0.05) is 37.3 Å². The topological polar surface area (TPSA) is 167 Å². The Morgan fingerprint density at radius 1 is 1.09 bits per heavy atom. The average Bonchev–Trinajstić information content (AvgIpc) is 3.43. The van der Waals surface area contributed by atoms with Gasteiger partial charge in [-0.15, -0.1) is 0 Å². The summed E-state index contributed by atoms with van der Waals surface area (Å²) in [4.78, 5) is 43.9. The van der Waals surface area contributed by atoms with E-state index in [2.05, 4.69) is 20.3 Å². The van der Waals surface area contributed by atoms with Gasteiger partial charge in [-0.2, -0.15) is 4.72 Å². The molecule has 1 saturated heterocycles. The number of aryl methyl sites for hydroxylation is 4. The lowest BCUT2D eigenvalue weighted by molar-refractivity contribution is -0.139. The molecule has 3 unspecified atom stereocenters. The maximum Gasteiger partial charge on any atom is 0.323 e. The lowest BCUT2D eigenvalue weighted by Crippen LogP contribution is -2.49. The van der Waals surface area contributed by atoms with Crippen LogP contribution in [0.4, 0.5) is 5.82 Å². The lowest BCUT2D eigenvalue weighted by Gasteiger charge is -2.25. The highest BCUT2D eigenvalue weighted by Crippen LogP contribution is 2.24. The van der Waals surface area contributed by atoms with Gasteiger partial charge in [-0.05, 0) is 74.6 Å². The van der Waals surface area contributed by atoms with Crippen LogP contribution in [0.3, 0.4) is 0 Å². The fourth-order valence-electron chi connectivity index (χ4n) is 5.71. The number of carboxylic acids is 1. The monoisotopic (exact) mass is 685 g/mol. The number of aromatic nitrogens is 1. The molecule has 0 bridgehead atoms. The molecule has 0 spiro atoms. The zero-order valence-electron chi connectivity index (χ0n) is 26.5. The number of sulfonamides is 1. The Kier molecular flexibility index (Phi) is 12.3. The zero-order chi connectivity index (χ0) is 34.1. The van der Waals surface area contributed by atoms with Crippen LogP contribution >= 0.6 is 11.6 Å². The summed E-state index contributed by atoms with van der Waals surface area (Å²) in [5.74, 6) is -1.45. The number of carboxylic acid groups (broad SMARTS) is 1. The minimum absolute atomic E-state index is 0.00426. The van der Waals surface area contributed by atoms with Crippen LogP contribution in [0.25, 0.3) is 0 Å². The molecule has 1 aliphatic rings. The molecule has 12 nitrogen and oxygen atoms in total. The molecule has 4 N–H and O–H groups in total. The maximum atomic E-state index is 13.3. The Balaban J connectivity index is 1.33. The molecule has 3 atom stereocenters. The van der Waals surface area contributed by atoms with Gasteiger partial charge in [0.2, 0.25) is 21.8 Å². The molecule has 3 aromatic rings. The maximum absolute atomic E-state index is 13.3.